The van der Waals surface area contributed by atoms with Crippen LogP contribution in [0.5, 0.6) is 0 Å². The van der Waals surface area contributed by atoms with E-state index in [4.69, 9.17) is 4.74 Å². The van der Waals surface area contributed by atoms with Gasteiger partial charge in [0.25, 0.3) is 0 Å². The van der Waals surface area contributed by atoms with Crippen LogP contribution in [0.15, 0.2) is 5.38 Å². The van der Waals surface area contributed by atoms with E-state index < -0.39 is 5.97 Å². The fourth-order valence-electron chi connectivity index (χ4n) is 2.23. The molecular weight excluding hydrogens is 316 g/mol. The van der Waals surface area contributed by atoms with Crippen molar-refractivity contribution >= 4 is 28.3 Å². The summed E-state index contributed by atoms with van der Waals surface area (Å²) in [6, 6.07) is 0. The number of aryl methyl sites for hydroxylation is 2. The normalized spacial score (nSPS) is 10.6. The van der Waals surface area contributed by atoms with Crippen LogP contribution in [0.1, 0.15) is 40.8 Å². The number of carbonyl (C=O) groups is 2. The smallest absolute Gasteiger partial charge is 0.357 e. The van der Waals surface area contributed by atoms with Gasteiger partial charge in [0, 0.05) is 24.5 Å². The van der Waals surface area contributed by atoms with Crippen molar-refractivity contribution in [2.75, 3.05) is 11.9 Å². The van der Waals surface area contributed by atoms with E-state index >= 15 is 0 Å². The number of esters is 1. The molecule has 2 aromatic heterocycles. The summed E-state index contributed by atoms with van der Waals surface area (Å²) in [6.07, 6.45) is 0.954. The zero-order valence-electron chi connectivity index (χ0n) is 13.7. The molecule has 124 valence electrons. The number of rotatable bonds is 6. The molecule has 2 aromatic rings. The van der Waals surface area contributed by atoms with E-state index in [-0.39, 0.29) is 11.6 Å². The zero-order chi connectivity index (χ0) is 17.0. The number of ether oxygens (including phenoxy) is 1. The van der Waals surface area contributed by atoms with E-state index in [2.05, 4.69) is 15.4 Å². The van der Waals surface area contributed by atoms with E-state index in [9.17, 15) is 9.59 Å². The van der Waals surface area contributed by atoms with E-state index in [1.807, 2.05) is 25.6 Å². The Kier molecular flexibility index (Phi) is 5.49. The number of thiazole rings is 1. The van der Waals surface area contributed by atoms with Crippen molar-refractivity contribution in [1.82, 2.24) is 14.8 Å². The van der Waals surface area contributed by atoms with E-state index in [0.29, 0.717) is 24.6 Å². The van der Waals surface area contributed by atoms with Crippen LogP contribution in [0.25, 0.3) is 0 Å². The van der Waals surface area contributed by atoms with Crippen molar-refractivity contribution in [3.8, 4) is 0 Å². The monoisotopic (exact) mass is 336 g/mol. The molecule has 0 fully saturated rings. The van der Waals surface area contributed by atoms with Crippen LogP contribution in [0, 0.1) is 13.8 Å². The number of hydrogen-bond donors (Lipinski definition) is 1. The molecule has 2 rings (SSSR count). The Bertz CT molecular complexity index is 720. The van der Waals surface area contributed by atoms with Gasteiger partial charge in [-0.1, -0.05) is 0 Å². The van der Waals surface area contributed by atoms with Gasteiger partial charge in [-0.3, -0.25) is 9.48 Å². The topological polar surface area (TPSA) is 86.1 Å². The Morgan fingerprint density at radius 3 is 2.74 bits per heavy atom. The van der Waals surface area contributed by atoms with Crippen LogP contribution in [-0.4, -0.2) is 33.2 Å². The second-order valence-electron chi connectivity index (χ2n) is 5.08. The van der Waals surface area contributed by atoms with E-state index in [1.54, 1.807) is 12.3 Å². The van der Waals surface area contributed by atoms with Gasteiger partial charge < -0.3 is 10.1 Å². The zero-order valence-corrected chi connectivity index (χ0v) is 14.5. The summed E-state index contributed by atoms with van der Waals surface area (Å²) in [5, 5.41) is 9.02. The highest BCUT2D eigenvalue weighted by Gasteiger charge is 2.15. The standard InChI is InChI=1S/C15H20N4O3S/c1-5-22-14(21)12-8-23-15(16-12)17-13(20)7-6-11-9(2)18-19(4)10(11)3/h8H,5-7H2,1-4H3,(H,16,17,20). The molecule has 8 heteroatoms. The lowest BCUT2D eigenvalue weighted by atomic mass is 10.1. The fourth-order valence-corrected chi connectivity index (χ4v) is 2.93. The Labute approximate surface area is 138 Å². The van der Waals surface area contributed by atoms with Gasteiger partial charge >= 0.3 is 5.97 Å². The molecule has 0 atom stereocenters. The van der Waals surface area contributed by atoms with Crippen LogP contribution in [-0.2, 0) is 23.0 Å². The first-order chi connectivity index (χ1) is 10.9. The molecular formula is C15H20N4O3S. The van der Waals surface area contributed by atoms with Crippen molar-refractivity contribution in [1.29, 1.82) is 0 Å². The molecule has 0 aromatic carbocycles. The Hall–Kier alpha value is -2.22. The van der Waals surface area contributed by atoms with Crippen molar-refractivity contribution < 1.29 is 14.3 Å². The Balaban J connectivity index is 1.91. The SMILES string of the molecule is CCOC(=O)c1csc(NC(=O)CCc2c(C)nn(C)c2C)n1. The van der Waals surface area contributed by atoms with Crippen LogP contribution in [0.3, 0.4) is 0 Å². The van der Waals surface area contributed by atoms with Crippen LogP contribution >= 0.6 is 11.3 Å². The van der Waals surface area contributed by atoms with Gasteiger partial charge in [0.05, 0.1) is 12.3 Å². The second kappa shape index (κ2) is 7.36. The third-order valence-corrected chi connectivity index (χ3v) is 4.25. The molecule has 0 aliphatic carbocycles. The first kappa shape index (κ1) is 17.1. The number of amides is 1. The lowest BCUT2D eigenvalue weighted by molar-refractivity contribution is -0.116. The maximum atomic E-state index is 12.0. The predicted octanol–water partition coefficient (Wildman–Crippen LogP) is 2.24. The summed E-state index contributed by atoms with van der Waals surface area (Å²) < 4.78 is 6.68. The Morgan fingerprint density at radius 2 is 2.13 bits per heavy atom. The molecule has 0 bridgehead atoms. The third-order valence-electron chi connectivity index (χ3n) is 3.50. The molecule has 2 heterocycles. The minimum Gasteiger partial charge on any atom is -0.461 e. The molecule has 0 aliphatic rings. The first-order valence-corrected chi connectivity index (χ1v) is 8.22. The van der Waals surface area contributed by atoms with Crippen molar-refractivity contribution in [2.45, 2.75) is 33.6 Å². The van der Waals surface area contributed by atoms with Crippen molar-refractivity contribution in [3.05, 3.63) is 28.0 Å². The average molecular weight is 336 g/mol. The van der Waals surface area contributed by atoms with Crippen LogP contribution < -0.4 is 5.32 Å². The molecule has 0 radical (unpaired) electrons. The minimum atomic E-state index is -0.481. The molecule has 23 heavy (non-hydrogen) atoms. The second-order valence-corrected chi connectivity index (χ2v) is 5.94. The third kappa shape index (κ3) is 4.16. The predicted molar refractivity (Wildman–Crippen MR) is 87.7 cm³/mol. The van der Waals surface area contributed by atoms with Gasteiger partial charge in [0.2, 0.25) is 5.91 Å². The molecule has 1 amide bonds. The molecule has 0 saturated carbocycles. The summed E-state index contributed by atoms with van der Waals surface area (Å²) in [6.45, 7) is 5.95. The number of nitrogens with zero attached hydrogens (tertiary/aromatic N) is 3. The Morgan fingerprint density at radius 1 is 1.39 bits per heavy atom. The molecule has 0 aliphatic heterocycles. The lowest BCUT2D eigenvalue weighted by Gasteiger charge is -2.03. The van der Waals surface area contributed by atoms with Gasteiger partial charge in [0.1, 0.15) is 0 Å². The van der Waals surface area contributed by atoms with Gasteiger partial charge in [0.15, 0.2) is 10.8 Å². The average Bonchev–Trinajstić information content (AvgIpc) is 3.04. The highest BCUT2D eigenvalue weighted by Crippen LogP contribution is 2.18. The summed E-state index contributed by atoms with van der Waals surface area (Å²) in [5.74, 6) is -0.622. The van der Waals surface area contributed by atoms with E-state index in [0.717, 1.165) is 17.0 Å². The molecule has 0 spiro atoms. The van der Waals surface area contributed by atoms with Crippen LogP contribution in [0.4, 0.5) is 5.13 Å². The van der Waals surface area contributed by atoms with Crippen LogP contribution in [0.2, 0.25) is 0 Å². The summed E-state index contributed by atoms with van der Waals surface area (Å²) in [4.78, 5) is 27.6. The first-order valence-electron chi connectivity index (χ1n) is 7.34. The number of nitrogens with one attached hydrogen (secondary N) is 1. The van der Waals surface area contributed by atoms with E-state index in [1.165, 1.54) is 11.3 Å². The van der Waals surface area contributed by atoms with Gasteiger partial charge in [-0.2, -0.15) is 5.10 Å². The highest BCUT2D eigenvalue weighted by molar-refractivity contribution is 7.14. The minimum absolute atomic E-state index is 0.141. The number of carbonyl (C=O) groups excluding carboxylic acids is 2. The fraction of sp³-hybridized carbons (Fsp3) is 0.467. The number of anilines is 1. The van der Waals surface area contributed by atoms with Gasteiger partial charge in [-0.15, -0.1) is 11.3 Å². The van der Waals surface area contributed by atoms with Crippen molar-refractivity contribution in [2.24, 2.45) is 7.05 Å². The van der Waals surface area contributed by atoms with Gasteiger partial charge in [-0.25, -0.2) is 9.78 Å². The van der Waals surface area contributed by atoms with Crippen molar-refractivity contribution in [3.63, 3.8) is 0 Å². The maximum absolute atomic E-state index is 12.0. The molecule has 0 saturated heterocycles. The quantitative estimate of drug-likeness (QED) is 0.818. The summed E-state index contributed by atoms with van der Waals surface area (Å²) in [7, 11) is 1.89. The largest absolute Gasteiger partial charge is 0.461 e. The van der Waals surface area contributed by atoms with Gasteiger partial charge in [-0.05, 0) is 32.8 Å². The maximum Gasteiger partial charge on any atom is 0.357 e. The summed E-state index contributed by atoms with van der Waals surface area (Å²) >= 11 is 1.20. The lowest BCUT2D eigenvalue weighted by Crippen LogP contribution is -2.13. The molecule has 1 N–H and O–H groups in total. The summed E-state index contributed by atoms with van der Waals surface area (Å²) in [5.41, 5.74) is 3.31. The highest BCUT2D eigenvalue weighted by atomic mass is 32.1. The molecule has 7 nitrogen and oxygen atoms in total. The number of aromatic nitrogens is 3. The number of hydrogen-bond acceptors (Lipinski definition) is 6. The molecule has 0 unspecified atom stereocenters.